The number of pyridine rings is 2. The third kappa shape index (κ3) is 4.45. The fraction of sp³-hybridized carbons (Fsp3) is 0. The molecule has 3 aromatic heterocycles. The molecule has 0 saturated carbocycles. The van der Waals surface area contributed by atoms with E-state index in [0.717, 1.165) is 82.1 Å². The summed E-state index contributed by atoms with van der Waals surface area (Å²) in [7, 11) is 0. The van der Waals surface area contributed by atoms with Gasteiger partial charge in [0.25, 0.3) is 0 Å². The van der Waals surface area contributed by atoms with Gasteiger partial charge >= 0.3 is 0 Å². The Labute approximate surface area is 287 Å². The van der Waals surface area contributed by atoms with Crippen LogP contribution in [-0.4, -0.2) is 24.9 Å². The number of para-hydroxylation sites is 1. The van der Waals surface area contributed by atoms with E-state index in [-0.39, 0.29) is 0 Å². The van der Waals surface area contributed by atoms with Crippen LogP contribution in [0.4, 0.5) is 0 Å². The first-order chi connectivity index (χ1) is 24.8. The van der Waals surface area contributed by atoms with Crippen LogP contribution >= 0.6 is 0 Å². The smallest absolute Gasteiger partial charge is 0.165 e. The van der Waals surface area contributed by atoms with Gasteiger partial charge in [0.1, 0.15) is 0 Å². The summed E-state index contributed by atoms with van der Waals surface area (Å²) in [5, 5.41) is 8.65. The zero-order chi connectivity index (χ0) is 33.0. The van der Waals surface area contributed by atoms with Crippen molar-refractivity contribution in [3.05, 3.63) is 164 Å². The van der Waals surface area contributed by atoms with Crippen LogP contribution in [-0.2, 0) is 0 Å². The molecule has 3 heterocycles. The maximum atomic E-state index is 5.39. The van der Waals surface area contributed by atoms with E-state index < -0.39 is 0 Å². The highest BCUT2D eigenvalue weighted by atomic mass is 15.0. The van der Waals surface area contributed by atoms with E-state index in [4.69, 9.17) is 24.9 Å². The van der Waals surface area contributed by atoms with Gasteiger partial charge in [0.05, 0.1) is 16.7 Å². The number of hydrogen-bond acceptors (Lipinski definition) is 5. The van der Waals surface area contributed by atoms with Gasteiger partial charge in [-0.3, -0.25) is 4.98 Å². The second-order valence-corrected chi connectivity index (χ2v) is 12.4. The number of aromatic nitrogens is 5. The van der Waals surface area contributed by atoms with Crippen LogP contribution in [0.1, 0.15) is 0 Å². The van der Waals surface area contributed by atoms with Crippen LogP contribution in [0, 0.1) is 0 Å². The van der Waals surface area contributed by atoms with Gasteiger partial charge in [-0.25, -0.2) is 19.9 Å². The lowest BCUT2D eigenvalue weighted by Crippen LogP contribution is -2.02. The van der Waals surface area contributed by atoms with Gasteiger partial charge in [0.2, 0.25) is 0 Å². The van der Waals surface area contributed by atoms with E-state index in [0.29, 0.717) is 17.5 Å². The Bertz CT molecular complexity index is 2790. The van der Waals surface area contributed by atoms with Gasteiger partial charge in [0.15, 0.2) is 17.5 Å². The van der Waals surface area contributed by atoms with Gasteiger partial charge in [-0.05, 0) is 33.0 Å². The Kier molecular flexibility index (Phi) is 6.42. The molecule has 50 heavy (non-hydrogen) atoms. The van der Waals surface area contributed by atoms with E-state index in [9.17, 15) is 0 Å². The lowest BCUT2D eigenvalue weighted by molar-refractivity contribution is 1.08. The Hall–Kier alpha value is -6.85. The van der Waals surface area contributed by atoms with Crippen molar-refractivity contribution in [3.63, 3.8) is 0 Å². The van der Waals surface area contributed by atoms with Crippen LogP contribution in [0.15, 0.2) is 164 Å². The molecule has 5 heteroatoms. The minimum atomic E-state index is 0.622. The first-order valence-electron chi connectivity index (χ1n) is 16.7. The summed E-state index contributed by atoms with van der Waals surface area (Å²) in [5.74, 6) is 1.88. The second-order valence-electron chi connectivity index (χ2n) is 12.4. The monoisotopic (exact) mass is 637 g/mol. The molecule has 7 aromatic carbocycles. The second kappa shape index (κ2) is 11.4. The average molecular weight is 638 g/mol. The van der Waals surface area contributed by atoms with Gasteiger partial charge in [-0.15, -0.1) is 0 Å². The Morgan fingerprint density at radius 2 is 0.800 bits per heavy atom. The third-order valence-electron chi connectivity index (χ3n) is 9.52. The zero-order valence-corrected chi connectivity index (χ0v) is 26.8. The standard InChI is InChI=1S/C45H27N5/c1-3-15-28(16-4-1)43-48-44(29-17-5-2-6-18-29)50-45(49-43)40-34-23-11-9-21-32(34)39(33-22-10-12-24-35(33)40)42-41-38(36-25-13-14-26-37(36)47-42)31-20-8-7-19-30(31)27-46-41/h1-27H. The van der Waals surface area contributed by atoms with E-state index >= 15 is 0 Å². The maximum Gasteiger partial charge on any atom is 0.165 e. The molecule has 10 rings (SSSR count). The highest BCUT2D eigenvalue weighted by molar-refractivity contribution is 6.26. The van der Waals surface area contributed by atoms with Crippen LogP contribution in [0.3, 0.4) is 0 Å². The summed E-state index contributed by atoms with van der Waals surface area (Å²) in [6, 6.07) is 54.1. The van der Waals surface area contributed by atoms with E-state index in [1.165, 1.54) is 0 Å². The maximum absolute atomic E-state index is 5.39. The summed E-state index contributed by atoms with van der Waals surface area (Å²) in [4.78, 5) is 25.8. The summed E-state index contributed by atoms with van der Waals surface area (Å²) in [6.45, 7) is 0. The molecule has 0 saturated heterocycles. The molecular formula is C45H27N5. The molecule has 0 spiro atoms. The molecule has 0 fully saturated rings. The van der Waals surface area contributed by atoms with Crippen molar-refractivity contribution in [1.82, 2.24) is 24.9 Å². The first kappa shape index (κ1) is 28.2. The topological polar surface area (TPSA) is 64.5 Å². The predicted molar refractivity (Wildman–Crippen MR) is 205 cm³/mol. The highest BCUT2D eigenvalue weighted by Gasteiger charge is 2.23. The molecule has 0 atom stereocenters. The molecule has 0 radical (unpaired) electrons. The molecular weight excluding hydrogens is 611 g/mol. The summed E-state index contributed by atoms with van der Waals surface area (Å²) >= 11 is 0. The lowest BCUT2D eigenvalue weighted by Gasteiger charge is -2.18. The SMILES string of the molecule is c1ccc(-c2nc(-c3ccccc3)nc(-c3c4ccccc4c(-c4nc5ccccc5c5c4ncc4ccccc45)c4ccccc34)n2)cc1. The molecule has 10 aromatic rings. The third-order valence-corrected chi connectivity index (χ3v) is 9.52. The number of rotatable bonds is 4. The lowest BCUT2D eigenvalue weighted by atomic mass is 9.88. The molecule has 0 aliphatic carbocycles. The number of benzene rings is 7. The highest BCUT2D eigenvalue weighted by Crippen LogP contribution is 2.45. The fourth-order valence-corrected chi connectivity index (χ4v) is 7.29. The first-order valence-corrected chi connectivity index (χ1v) is 16.7. The minimum Gasteiger partial charge on any atom is -0.253 e. The summed E-state index contributed by atoms with van der Waals surface area (Å²) in [5.41, 5.74) is 6.53. The van der Waals surface area contributed by atoms with Gasteiger partial charge < -0.3 is 0 Å². The van der Waals surface area contributed by atoms with Crippen molar-refractivity contribution in [2.24, 2.45) is 0 Å². The molecule has 0 aliphatic rings. The van der Waals surface area contributed by atoms with Crippen molar-refractivity contribution < 1.29 is 0 Å². The van der Waals surface area contributed by atoms with Crippen molar-refractivity contribution in [1.29, 1.82) is 0 Å². The molecule has 0 amide bonds. The zero-order valence-electron chi connectivity index (χ0n) is 26.8. The quantitative estimate of drug-likeness (QED) is 0.142. The summed E-state index contributed by atoms with van der Waals surface area (Å²) < 4.78 is 0. The molecule has 0 bridgehead atoms. The Morgan fingerprint density at radius 3 is 1.40 bits per heavy atom. The van der Waals surface area contributed by atoms with Crippen LogP contribution in [0.5, 0.6) is 0 Å². The fourth-order valence-electron chi connectivity index (χ4n) is 7.29. The summed E-state index contributed by atoms with van der Waals surface area (Å²) in [6.07, 6.45) is 1.97. The van der Waals surface area contributed by atoms with Gasteiger partial charge in [-0.2, -0.15) is 0 Å². The minimum absolute atomic E-state index is 0.622. The van der Waals surface area contributed by atoms with Crippen molar-refractivity contribution in [2.75, 3.05) is 0 Å². The normalized spacial score (nSPS) is 11.6. The molecule has 0 N–H and O–H groups in total. The van der Waals surface area contributed by atoms with Gasteiger partial charge in [-0.1, -0.05) is 152 Å². The number of nitrogens with zero attached hydrogens (tertiary/aromatic N) is 5. The van der Waals surface area contributed by atoms with Crippen LogP contribution in [0.2, 0.25) is 0 Å². The average Bonchev–Trinajstić information content (AvgIpc) is 3.20. The molecule has 0 aliphatic heterocycles. The van der Waals surface area contributed by atoms with Crippen molar-refractivity contribution in [3.8, 4) is 45.4 Å². The van der Waals surface area contributed by atoms with Crippen molar-refractivity contribution in [2.45, 2.75) is 0 Å². The molecule has 232 valence electrons. The van der Waals surface area contributed by atoms with Crippen LogP contribution in [0.25, 0.3) is 99.5 Å². The largest absolute Gasteiger partial charge is 0.253 e. The number of fused-ring (bicyclic) bond motifs is 7. The van der Waals surface area contributed by atoms with Gasteiger partial charge in [0, 0.05) is 44.6 Å². The van der Waals surface area contributed by atoms with Crippen LogP contribution < -0.4 is 0 Å². The van der Waals surface area contributed by atoms with Crippen molar-refractivity contribution >= 4 is 54.1 Å². The van der Waals surface area contributed by atoms with E-state index in [1.807, 2.05) is 66.9 Å². The Balaban J connectivity index is 1.34. The molecule has 5 nitrogen and oxygen atoms in total. The van der Waals surface area contributed by atoms with E-state index in [2.05, 4.69) is 97.1 Å². The van der Waals surface area contributed by atoms with E-state index in [1.54, 1.807) is 0 Å². The predicted octanol–water partition coefficient (Wildman–Crippen LogP) is 11.1. The Morgan fingerprint density at radius 1 is 0.340 bits per heavy atom. The number of hydrogen-bond donors (Lipinski definition) is 0. The molecule has 0 unspecified atom stereocenters.